The van der Waals surface area contributed by atoms with Crippen LogP contribution < -0.4 is 5.32 Å². The van der Waals surface area contributed by atoms with Crippen molar-refractivity contribution in [2.75, 3.05) is 14.1 Å². The topological polar surface area (TPSA) is 82.8 Å². The molecule has 1 heterocycles. The van der Waals surface area contributed by atoms with E-state index in [0.29, 0.717) is 12.1 Å². The maximum absolute atomic E-state index is 11.7. The van der Waals surface area contributed by atoms with Crippen molar-refractivity contribution in [2.24, 2.45) is 0 Å². The molecule has 6 heteroatoms. The molecular weight excluding hydrogens is 272 g/mol. The van der Waals surface area contributed by atoms with Crippen LogP contribution in [0.2, 0.25) is 0 Å². The van der Waals surface area contributed by atoms with Gasteiger partial charge in [0.05, 0.1) is 6.04 Å². The summed E-state index contributed by atoms with van der Waals surface area (Å²) in [4.78, 5) is 24.1. The normalized spacial score (nSPS) is 12.3. The van der Waals surface area contributed by atoms with Crippen LogP contribution in [0, 0.1) is 0 Å². The zero-order chi connectivity index (χ0) is 15.6. The second-order valence-electron chi connectivity index (χ2n) is 5.12. The Labute approximate surface area is 122 Å². The lowest BCUT2D eigenvalue weighted by atomic mass is 10.1. The molecule has 1 unspecified atom stereocenters. The molecule has 1 aromatic heterocycles. The quantitative estimate of drug-likeness (QED) is 0.875. The molecule has 1 aromatic carbocycles. The molecule has 0 aliphatic rings. The molecule has 6 nitrogen and oxygen atoms in total. The largest absolute Gasteiger partial charge is 0.475 e. The fourth-order valence-electron chi connectivity index (χ4n) is 2.05. The number of hydrogen-bond donors (Lipinski definition) is 2. The molecule has 0 aliphatic carbocycles. The van der Waals surface area contributed by atoms with Crippen molar-refractivity contribution in [2.45, 2.75) is 19.5 Å². The molecule has 0 saturated heterocycles. The summed E-state index contributed by atoms with van der Waals surface area (Å²) >= 11 is 0. The van der Waals surface area contributed by atoms with E-state index >= 15 is 0 Å². The summed E-state index contributed by atoms with van der Waals surface area (Å²) in [6.45, 7) is 2.32. The smallest absolute Gasteiger partial charge is 0.371 e. The number of nitrogens with one attached hydrogen (secondary N) is 1. The summed E-state index contributed by atoms with van der Waals surface area (Å²) in [6.07, 6.45) is 0. The standard InChI is InChI=1S/C15H18N2O4/c1-9(14(18)17(2)3)16-8-10-4-5-12-11(6-10)7-13(21-12)15(19)20/h4-7,9,16H,8H2,1-3H3,(H,19,20). The highest BCUT2D eigenvalue weighted by Crippen LogP contribution is 2.20. The number of nitrogens with zero attached hydrogens (tertiary/aromatic N) is 1. The minimum Gasteiger partial charge on any atom is -0.475 e. The van der Waals surface area contributed by atoms with E-state index in [1.54, 1.807) is 27.1 Å². The van der Waals surface area contributed by atoms with Gasteiger partial charge in [-0.25, -0.2) is 4.79 Å². The third-order valence-corrected chi connectivity index (χ3v) is 3.22. The average Bonchev–Trinajstić information content (AvgIpc) is 2.87. The summed E-state index contributed by atoms with van der Waals surface area (Å²) in [5.74, 6) is -1.16. The fraction of sp³-hybridized carbons (Fsp3) is 0.333. The molecule has 1 amide bonds. The Hall–Kier alpha value is -2.34. The molecule has 0 spiro atoms. The first-order chi connectivity index (χ1) is 9.88. The molecule has 0 bridgehead atoms. The number of hydrogen-bond acceptors (Lipinski definition) is 4. The Morgan fingerprint density at radius 2 is 2.05 bits per heavy atom. The van der Waals surface area contributed by atoms with Crippen molar-refractivity contribution >= 4 is 22.8 Å². The number of aromatic carboxylic acids is 1. The van der Waals surface area contributed by atoms with Gasteiger partial charge in [0.2, 0.25) is 11.7 Å². The summed E-state index contributed by atoms with van der Waals surface area (Å²) in [7, 11) is 3.43. The monoisotopic (exact) mass is 290 g/mol. The van der Waals surface area contributed by atoms with Gasteiger partial charge < -0.3 is 19.7 Å². The molecule has 2 aromatic rings. The van der Waals surface area contributed by atoms with Crippen LogP contribution in [0.3, 0.4) is 0 Å². The molecule has 0 fully saturated rings. The van der Waals surface area contributed by atoms with Gasteiger partial charge in [-0.3, -0.25) is 4.79 Å². The molecule has 21 heavy (non-hydrogen) atoms. The third kappa shape index (κ3) is 3.41. The second-order valence-corrected chi connectivity index (χ2v) is 5.12. The zero-order valence-corrected chi connectivity index (χ0v) is 12.2. The SMILES string of the molecule is CC(NCc1ccc2oc(C(=O)O)cc2c1)C(=O)N(C)C. The summed E-state index contributed by atoms with van der Waals surface area (Å²) in [5.41, 5.74) is 1.49. The van der Waals surface area contributed by atoms with Crippen molar-refractivity contribution in [1.29, 1.82) is 0 Å². The minimum absolute atomic E-state index is 0.00699. The van der Waals surface area contributed by atoms with E-state index in [4.69, 9.17) is 9.52 Å². The van der Waals surface area contributed by atoms with Crippen molar-refractivity contribution in [1.82, 2.24) is 10.2 Å². The van der Waals surface area contributed by atoms with Crippen LogP contribution in [0.1, 0.15) is 23.0 Å². The first-order valence-electron chi connectivity index (χ1n) is 6.59. The van der Waals surface area contributed by atoms with Crippen LogP contribution in [0.4, 0.5) is 0 Å². The van der Waals surface area contributed by atoms with Gasteiger partial charge in [0, 0.05) is 26.0 Å². The van der Waals surface area contributed by atoms with Crippen LogP contribution in [0.5, 0.6) is 0 Å². The van der Waals surface area contributed by atoms with Gasteiger partial charge in [-0.2, -0.15) is 0 Å². The Morgan fingerprint density at radius 3 is 2.67 bits per heavy atom. The predicted octanol–water partition coefficient (Wildman–Crippen LogP) is 1.70. The van der Waals surface area contributed by atoms with E-state index in [-0.39, 0.29) is 17.7 Å². The number of amides is 1. The van der Waals surface area contributed by atoms with Gasteiger partial charge >= 0.3 is 5.97 Å². The Balaban J connectivity index is 2.09. The molecule has 0 aliphatic heterocycles. The van der Waals surface area contributed by atoms with Gasteiger partial charge in [0.25, 0.3) is 0 Å². The fourth-order valence-corrected chi connectivity index (χ4v) is 2.05. The van der Waals surface area contributed by atoms with Crippen LogP contribution in [0.15, 0.2) is 28.7 Å². The molecule has 112 valence electrons. The minimum atomic E-state index is -1.09. The predicted molar refractivity (Wildman–Crippen MR) is 78.2 cm³/mol. The maximum atomic E-state index is 11.7. The molecule has 0 saturated carbocycles. The highest BCUT2D eigenvalue weighted by Gasteiger charge is 2.14. The number of fused-ring (bicyclic) bond motifs is 1. The van der Waals surface area contributed by atoms with E-state index in [1.807, 2.05) is 12.1 Å². The van der Waals surface area contributed by atoms with E-state index in [0.717, 1.165) is 10.9 Å². The number of rotatable bonds is 5. The number of carboxylic acids is 1. The molecule has 0 radical (unpaired) electrons. The zero-order valence-electron chi connectivity index (χ0n) is 12.2. The van der Waals surface area contributed by atoms with Crippen LogP contribution in [-0.4, -0.2) is 42.0 Å². The number of carbonyl (C=O) groups excluding carboxylic acids is 1. The Kier molecular flexibility index (Phi) is 4.28. The Morgan fingerprint density at radius 1 is 1.33 bits per heavy atom. The second kappa shape index (κ2) is 5.97. The molecule has 1 atom stereocenters. The van der Waals surface area contributed by atoms with Gasteiger partial charge in [0.1, 0.15) is 5.58 Å². The van der Waals surface area contributed by atoms with Gasteiger partial charge in [-0.1, -0.05) is 6.07 Å². The van der Waals surface area contributed by atoms with Crippen LogP contribution >= 0.6 is 0 Å². The maximum Gasteiger partial charge on any atom is 0.371 e. The first-order valence-corrected chi connectivity index (χ1v) is 6.59. The number of benzene rings is 1. The van der Waals surface area contributed by atoms with E-state index < -0.39 is 5.97 Å². The van der Waals surface area contributed by atoms with Crippen molar-refractivity contribution in [3.63, 3.8) is 0 Å². The summed E-state index contributed by atoms with van der Waals surface area (Å²) in [6, 6.07) is 6.64. The number of carboxylic acid groups (broad SMARTS) is 1. The van der Waals surface area contributed by atoms with E-state index in [9.17, 15) is 9.59 Å². The highest BCUT2D eigenvalue weighted by atomic mass is 16.4. The lowest BCUT2D eigenvalue weighted by molar-refractivity contribution is -0.130. The average molecular weight is 290 g/mol. The van der Waals surface area contributed by atoms with Crippen molar-refractivity contribution < 1.29 is 19.1 Å². The van der Waals surface area contributed by atoms with Crippen molar-refractivity contribution in [3.8, 4) is 0 Å². The molecule has 2 rings (SSSR count). The van der Waals surface area contributed by atoms with E-state index in [2.05, 4.69) is 5.32 Å². The van der Waals surface area contributed by atoms with E-state index in [1.165, 1.54) is 11.0 Å². The lowest BCUT2D eigenvalue weighted by Gasteiger charge is -2.18. The lowest BCUT2D eigenvalue weighted by Crippen LogP contribution is -2.41. The van der Waals surface area contributed by atoms with Gasteiger partial charge in [0.15, 0.2) is 0 Å². The highest BCUT2D eigenvalue weighted by molar-refractivity contribution is 5.91. The van der Waals surface area contributed by atoms with Crippen LogP contribution in [-0.2, 0) is 11.3 Å². The van der Waals surface area contributed by atoms with Crippen molar-refractivity contribution in [3.05, 3.63) is 35.6 Å². The van der Waals surface area contributed by atoms with Gasteiger partial charge in [-0.15, -0.1) is 0 Å². The number of carbonyl (C=O) groups is 2. The van der Waals surface area contributed by atoms with Crippen LogP contribution in [0.25, 0.3) is 11.0 Å². The molecular formula is C15H18N2O4. The first kappa shape index (κ1) is 15.1. The number of likely N-dealkylation sites (N-methyl/N-ethyl adjacent to an activating group) is 1. The van der Waals surface area contributed by atoms with Gasteiger partial charge in [-0.05, 0) is 30.7 Å². The third-order valence-electron chi connectivity index (χ3n) is 3.22. The summed E-state index contributed by atoms with van der Waals surface area (Å²) < 4.78 is 5.20. The summed E-state index contributed by atoms with van der Waals surface area (Å²) in [5, 5.41) is 12.8. The number of furan rings is 1. The molecule has 2 N–H and O–H groups in total. The Bertz CT molecular complexity index is 675.